The van der Waals surface area contributed by atoms with Crippen molar-refractivity contribution in [2.45, 2.75) is 19.9 Å². The highest BCUT2D eigenvalue weighted by atomic mass is 19.1. The predicted octanol–water partition coefficient (Wildman–Crippen LogP) is 1.92. The number of benzene rings is 1. The van der Waals surface area contributed by atoms with Crippen LogP contribution in [0, 0.1) is 17.1 Å². The van der Waals surface area contributed by atoms with E-state index in [1.807, 2.05) is 0 Å². The minimum absolute atomic E-state index is 0.0930. The molecular formula is C11H10FN3O. The van der Waals surface area contributed by atoms with Gasteiger partial charge in [0.25, 0.3) is 0 Å². The van der Waals surface area contributed by atoms with Gasteiger partial charge in [-0.25, -0.2) is 9.18 Å². The minimum Gasteiger partial charge on any atom is -0.305 e. The second-order valence-corrected chi connectivity index (χ2v) is 3.82. The van der Waals surface area contributed by atoms with Crippen LogP contribution in [-0.2, 0) is 0 Å². The fraction of sp³-hybridized carbons (Fsp3) is 0.273. The largest absolute Gasteiger partial charge is 0.326 e. The summed E-state index contributed by atoms with van der Waals surface area (Å²) in [6.45, 7) is 3.61. The van der Waals surface area contributed by atoms with Crippen LogP contribution in [0.4, 0.5) is 4.39 Å². The van der Waals surface area contributed by atoms with E-state index in [9.17, 15) is 9.18 Å². The van der Waals surface area contributed by atoms with Gasteiger partial charge in [0, 0.05) is 6.04 Å². The van der Waals surface area contributed by atoms with E-state index in [1.54, 1.807) is 19.9 Å². The molecule has 2 aromatic rings. The third-order valence-corrected chi connectivity index (χ3v) is 2.46. The van der Waals surface area contributed by atoms with Gasteiger partial charge in [-0.05, 0) is 26.0 Å². The lowest BCUT2D eigenvalue weighted by atomic mass is 10.2. The van der Waals surface area contributed by atoms with Gasteiger partial charge >= 0.3 is 5.69 Å². The molecule has 0 bridgehead atoms. The Morgan fingerprint density at radius 2 is 2.19 bits per heavy atom. The fourth-order valence-corrected chi connectivity index (χ4v) is 1.79. The first-order valence-corrected chi connectivity index (χ1v) is 4.89. The van der Waals surface area contributed by atoms with Crippen LogP contribution < -0.4 is 5.69 Å². The van der Waals surface area contributed by atoms with Gasteiger partial charge in [0.1, 0.15) is 17.4 Å². The van der Waals surface area contributed by atoms with Crippen molar-refractivity contribution >= 4 is 11.0 Å². The number of rotatable bonds is 1. The van der Waals surface area contributed by atoms with E-state index < -0.39 is 5.82 Å². The number of nitrogens with zero attached hydrogens (tertiary/aromatic N) is 2. The lowest BCUT2D eigenvalue weighted by molar-refractivity contribution is 0.591. The second kappa shape index (κ2) is 3.49. The maximum absolute atomic E-state index is 13.4. The summed E-state index contributed by atoms with van der Waals surface area (Å²) in [5, 5.41) is 8.91. The molecule has 16 heavy (non-hydrogen) atoms. The number of aromatic amines is 1. The minimum atomic E-state index is -0.608. The molecule has 0 saturated heterocycles. The highest BCUT2D eigenvalue weighted by molar-refractivity contribution is 5.82. The summed E-state index contributed by atoms with van der Waals surface area (Å²) >= 11 is 0. The summed E-state index contributed by atoms with van der Waals surface area (Å²) in [6, 6.07) is 4.31. The second-order valence-electron chi connectivity index (χ2n) is 3.82. The van der Waals surface area contributed by atoms with E-state index in [0.717, 1.165) is 0 Å². The zero-order chi connectivity index (χ0) is 11.9. The number of imidazole rings is 1. The first-order valence-electron chi connectivity index (χ1n) is 4.89. The summed E-state index contributed by atoms with van der Waals surface area (Å²) in [7, 11) is 0. The van der Waals surface area contributed by atoms with Crippen molar-refractivity contribution in [3.05, 3.63) is 34.0 Å². The maximum Gasteiger partial charge on any atom is 0.326 e. The number of hydrogen-bond acceptors (Lipinski definition) is 2. The molecule has 0 radical (unpaired) electrons. The van der Waals surface area contributed by atoms with E-state index in [0.29, 0.717) is 11.0 Å². The van der Waals surface area contributed by atoms with Crippen LogP contribution in [-0.4, -0.2) is 9.55 Å². The number of fused-ring (bicyclic) bond motifs is 1. The van der Waals surface area contributed by atoms with Crippen molar-refractivity contribution in [3.63, 3.8) is 0 Å². The smallest absolute Gasteiger partial charge is 0.305 e. The summed E-state index contributed by atoms with van der Waals surface area (Å²) < 4.78 is 14.8. The van der Waals surface area contributed by atoms with Crippen molar-refractivity contribution in [1.29, 1.82) is 5.26 Å². The molecule has 0 fully saturated rings. The molecule has 0 unspecified atom stereocenters. The molecule has 0 spiro atoms. The van der Waals surface area contributed by atoms with E-state index in [2.05, 4.69) is 4.98 Å². The van der Waals surface area contributed by atoms with Gasteiger partial charge in [0.15, 0.2) is 0 Å². The summed E-state index contributed by atoms with van der Waals surface area (Å²) in [6.07, 6.45) is 0. The SMILES string of the molecule is CC(C)n1c(=O)[nH]c2ccc(F)c(C#N)c21. The normalized spacial score (nSPS) is 10.9. The van der Waals surface area contributed by atoms with E-state index in [1.165, 1.54) is 16.7 Å². The summed E-state index contributed by atoms with van der Waals surface area (Å²) in [5.41, 5.74) is 0.399. The van der Waals surface area contributed by atoms with E-state index in [4.69, 9.17) is 5.26 Å². The van der Waals surface area contributed by atoms with Gasteiger partial charge < -0.3 is 4.98 Å². The predicted molar refractivity (Wildman–Crippen MR) is 57.6 cm³/mol. The van der Waals surface area contributed by atoms with Gasteiger partial charge in [-0.1, -0.05) is 0 Å². The van der Waals surface area contributed by atoms with Gasteiger partial charge in [0.05, 0.1) is 11.0 Å². The Hall–Kier alpha value is -2.09. The quantitative estimate of drug-likeness (QED) is 0.796. The molecule has 0 saturated carbocycles. The molecule has 2 rings (SSSR count). The Morgan fingerprint density at radius 3 is 2.75 bits per heavy atom. The van der Waals surface area contributed by atoms with Gasteiger partial charge in [-0.3, -0.25) is 4.57 Å². The van der Waals surface area contributed by atoms with E-state index in [-0.39, 0.29) is 17.3 Å². The first kappa shape index (κ1) is 10.4. The highest BCUT2D eigenvalue weighted by Gasteiger charge is 2.16. The number of aromatic nitrogens is 2. The summed E-state index contributed by atoms with van der Waals surface area (Å²) in [4.78, 5) is 14.2. The molecule has 0 amide bonds. The maximum atomic E-state index is 13.4. The Balaban J connectivity index is 3.02. The molecule has 0 aliphatic carbocycles. The van der Waals surface area contributed by atoms with Gasteiger partial charge in [0.2, 0.25) is 0 Å². The summed E-state index contributed by atoms with van der Waals surface area (Å²) in [5.74, 6) is -0.608. The lowest BCUT2D eigenvalue weighted by Gasteiger charge is -2.07. The van der Waals surface area contributed by atoms with Crippen LogP contribution in [0.25, 0.3) is 11.0 Å². The average Bonchev–Trinajstić information content (AvgIpc) is 2.54. The van der Waals surface area contributed by atoms with Crippen LogP contribution >= 0.6 is 0 Å². The Morgan fingerprint density at radius 1 is 1.50 bits per heavy atom. The number of H-pyrrole nitrogens is 1. The molecule has 0 aliphatic heterocycles. The monoisotopic (exact) mass is 219 g/mol. The third-order valence-electron chi connectivity index (χ3n) is 2.46. The van der Waals surface area contributed by atoms with Crippen molar-refractivity contribution in [3.8, 4) is 6.07 Å². The fourth-order valence-electron chi connectivity index (χ4n) is 1.79. The zero-order valence-corrected chi connectivity index (χ0v) is 8.91. The Kier molecular flexibility index (Phi) is 2.27. The van der Waals surface area contributed by atoms with Crippen LogP contribution in [0.5, 0.6) is 0 Å². The molecule has 1 aromatic heterocycles. The van der Waals surface area contributed by atoms with E-state index >= 15 is 0 Å². The van der Waals surface area contributed by atoms with Crippen LogP contribution in [0.1, 0.15) is 25.5 Å². The Bertz CT molecular complexity index is 646. The number of nitriles is 1. The molecule has 0 aliphatic rings. The third kappa shape index (κ3) is 1.31. The molecule has 0 atom stereocenters. The zero-order valence-electron chi connectivity index (χ0n) is 8.91. The van der Waals surface area contributed by atoms with Crippen LogP contribution in [0.15, 0.2) is 16.9 Å². The number of nitrogens with one attached hydrogen (secondary N) is 1. The molecule has 1 N–H and O–H groups in total. The molecule has 82 valence electrons. The topological polar surface area (TPSA) is 61.6 Å². The molecule has 5 heteroatoms. The Labute approximate surface area is 90.9 Å². The van der Waals surface area contributed by atoms with Crippen molar-refractivity contribution in [1.82, 2.24) is 9.55 Å². The van der Waals surface area contributed by atoms with Crippen LogP contribution in [0.3, 0.4) is 0 Å². The number of halogens is 1. The van der Waals surface area contributed by atoms with Crippen molar-refractivity contribution < 1.29 is 4.39 Å². The van der Waals surface area contributed by atoms with Gasteiger partial charge in [-0.2, -0.15) is 5.26 Å². The van der Waals surface area contributed by atoms with Crippen molar-refractivity contribution in [2.75, 3.05) is 0 Å². The average molecular weight is 219 g/mol. The number of hydrogen-bond donors (Lipinski definition) is 1. The van der Waals surface area contributed by atoms with Gasteiger partial charge in [-0.15, -0.1) is 0 Å². The molecule has 4 nitrogen and oxygen atoms in total. The molecule has 1 heterocycles. The lowest BCUT2D eigenvalue weighted by Crippen LogP contribution is -2.18. The molecule has 1 aromatic carbocycles. The molecular weight excluding hydrogens is 209 g/mol. The van der Waals surface area contributed by atoms with Crippen LogP contribution in [0.2, 0.25) is 0 Å². The highest BCUT2D eigenvalue weighted by Crippen LogP contribution is 2.21. The van der Waals surface area contributed by atoms with Crippen molar-refractivity contribution in [2.24, 2.45) is 0 Å². The first-order chi connectivity index (χ1) is 7.56. The standard InChI is InChI=1S/C11H10FN3O/c1-6(2)15-10-7(5-13)8(12)3-4-9(10)14-11(15)16/h3-4,6H,1-2H3,(H,14,16).